The second-order valence-electron chi connectivity index (χ2n) is 6.28. The third-order valence-electron chi connectivity index (χ3n) is 4.31. The van der Waals surface area contributed by atoms with E-state index in [-0.39, 0.29) is 11.3 Å². The number of hydrazone groups is 1. The Balaban J connectivity index is 1.85. The summed E-state index contributed by atoms with van der Waals surface area (Å²) in [5, 5.41) is 15.8. The molecule has 0 radical (unpaired) electrons. The molecule has 0 bridgehead atoms. The standard InChI is InChI=1S/C16H14F6N6O2/c1-7-10(11(30-2)8-3-23-13(24-4-8)15(17,18)19)12(29)28(27-7)9-5-25-14(26-6-9)16(20,21)22/h3-6,10-12,29H,1-2H3. The molecule has 1 aliphatic rings. The van der Waals surface area contributed by atoms with Gasteiger partial charge in [0.1, 0.15) is 0 Å². The van der Waals surface area contributed by atoms with Gasteiger partial charge in [0.15, 0.2) is 6.23 Å². The normalized spacial score (nSPS) is 21.0. The van der Waals surface area contributed by atoms with Gasteiger partial charge in [-0.15, -0.1) is 0 Å². The fraction of sp³-hybridized carbons (Fsp3) is 0.438. The molecule has 30 heavy (non-hydrogen) atoms. The van der Waals surface area contributed by atoms with Crippen LogP contribution in [0.5, 0.6) is 0 Å². The zero-order valence-electron chi connectivity index (χ0n) is 15.3. The van der Waals surface area contributed by atoms with Crippen LogP contribution in [0.25, 0.3) is 0 Å². The zero-order chi connectivity index (χ0) is 22.3. The first-order valence-electron chi connectivity index (χ1n) is 8.27. The number of hydrogen-bond donors (Lipinski definition) is 1. The van der Waals surface area contributed by atoms with Crippen LogP contribution in [-0.2, 0) is 17.1 Å². The van der Waals surface area contributed by atoms with Crippen molar-refractivity contribution in [2.45, 2.75) is 31.6 Å². The van der Waals surface area contributed by atoms with E-state index in [1.807, 2.05) is 0 Å². The van der Waals surface area contributed by atoms with Crippen molar-refractivity contribution in [3.63, 3.8) is 0 Å². The second kappa shape index (κ2) is 7.75. The minimum Gasteiger partial charge on any atom is -0.376 e. The SMILES string of the molecule is COC(c1cnc(C(F)(F)F)nc1)C1C(C)=NN(c2cnc(C(F)(F)F)nc2)C1O. The van der Waals surface area contributed by atoms with Crippen LogP contribution in [0.3, 0.4) is 0 Å². The summed E-state index contributed by atoms with van der Waals surface area (Å²) in [5.74, 6) is -3.56. The molecular formula is C16H14F6N6O2. The first kappa shape index (κ1) is 21.8. The van der Waals surface area contributed by atoms with Crippen molar-refractivity contribution in [1.29, 1.82) is 0 Å². The molecule has 14 heteroatoms. The minimum absolute atomic E-state index is 0.0177. The summed E-state index contributed by atoms with van der Waals surface area (Å²) in [5.41, 5.74) is 0.444. The number of rotatable bonds is 4. The van der Waals surface area contributed by atoms with Gasteiger partial charge in [0.05, 0.1) is 30.1 Å². The third-order valence-corrected chi connectivity index (χ3v) is 4.31. The molecule has 0 saturated carbocycles. The van der Waals surface area contributed by atoms with Crippen molar-refractivity contribution in [2.24, 2.45) is 11.0 Å². The molecule has 3 atom stereocenters. The predicted molar refractivity (Wildman–Crippen MR) is 88.9 cm³/mol. The van der Waals surface area contributed by atoms with Crippen LogP contribution in [-0.4, -0.2) is 44.1 Å². The largest absolute Gasteiger partial charge is 0.451 e. The fourth-order valence-electron chi connectivity index (χ4n) is 2.96. The van der Waals surface area contributed by atoms with Crippen LogP contribution in [0.15, 0.2) is 29.9 Å². The Morgan fingerprint density at radius 2 is 1.40 bits per heavy atom. The predicted octanol–water partition coefficient (Wildman–Crippen LogP) is 2.82. The third kappa shape index (κ3) is 4.18. The number of methoxy groups -OCH3 is 1. The summed E-state index contributed by atoms with van der Waals surface area (Å²) < 4.78 is 81.2. The van der Waals surface area contributed by atoms with Crippen molar-refractivity contribution < 1.29 is 36.2 Å². The number of aliphatic hydroxyl groups is 1. The fourth-order valence-corrected chi connectivity index (χ4v) is 2.96. The number of aliphatic hydroxyl groups excluding tert-OH is 1. The molecular weight excluding hydrogens is 422 g/mol. The Labute approximate surface area is 165 Å². The van der Waals surface area contributed by atoms with E-state index in [0.717, 1.165) is 29.8 Å². The van der Waals surface area contributed by atoms with E-state index >= 15 is 0 Å². The quantitative estimate of drug-likeness (QED) is 0.737. The molecule has 1 N–H and O–H groups in total. The monoisotopic (exact) mass is 436 g/mol. The van der Waals surface area contributed by atoms with Gasteiger partial charge in [-0.25, -0.2) is 24.9 Å². The summed E-state index contributed by atoms with van der Waals surface area (Å²) in [4.78, 5) is 13.0. The molecule has 0 amide bonds. The smallest absolute Gasteiger partial charge is 0.376 e. The molecule has 0 aromatic carbocycles. The van der Waals surface area contributed by atoms with Crippen LogP contribution < -0.4 is 5.01 Å². The Morgan fingerprint density at radius 1 is 0.933 bits per heavy atom. The van der Waals surface area contributed by atoms with E-state index in [2.05, 4.69) is 25.0 Å². The van der Waals surface area contributed by atoms with Crippen LogP contribution in [0.4, 0.5) is 32.0 Å². The lowest BCUT2D eigenvalue weighted by atomic mass is 9.92. The molecule has 2 aromatic rings. The Bertz CT molecular complexity index is 916. The average Bonchev–Trinajstić information content (AvgIpc) is 2.96. The van der Waals surface area contributed by atoms with Gasteiger partial charge in [-0.3, -0.25) is 0 Å². The summed E-state index contributed by atoms with van der Waals surface area (Å²) in [6.07, 6.45) is -8.30. The van der Waals surface area contributed by atoms with Gasteiger partial charge in [-0.2, -0.15) is 31.4 Å². The number of aromatic nitrogens is 4. The van der Waals surface area contributed by atoms with Crippen LogP contribution in [0, 0.1) is 5.92 Å². The molecule has 2 aromatic heterocycles. The molecule has 3 unspecified atom stereocenters. The summed E-state index contributed by atoms with van der Waals surface area (Å²) in [6, 6.07) is 0. The molecule has 0 fully saturated rings. The first-order chi connectivity index (χ1) is 13.9. The van der Waals surface area contributed by atoms with Gasteiger partial charge in [-0.05, 0) is 6.92 Å². The van der Waals surface area contributed by atoms with Crippen LogP contribution in [0.2, 0.25) is 0 Å². The van der Waals surface area contributed by atoms with E-state index in [0.29, 0.717) is 5.71 Å². The van der Waals surface area contributed by atoms with E-state index in [4.69, 9.17) is 4.74 Å². The minimum atomic E-state index is -4.73. The van der Waals surface area contributed by atoms with Gasteiger partial charge in [0, 0.05) is 30.8 Å². The highest BCUT2D eigenvalue weighted by Crippen LogP contribution is 2.37. The van der Waals surface area contributed by atoms with Gasteiger partial charge in [-0.1, -0.05) is 0 Å². The number of anilines is 1. The molecule has 0 spiro atoms. The van der Waals surface area contributed by atoms with Crippen LogP contribution >= 0.6 is 0 Å². The van der Waals surface area contributed by atoms with E-state index < -0.39 is 42.3 Å². The van der Waals surface area contributed by atoms with Gasteiger partial charge in [0.25, 0.3) is 0 Å². The summed E-state index contributed by atoms with van der Waals surface area (Å²) in [6.45, 7) is 1.52. The number of halogens is 6. The molecule has 8 nitrogen and oxygen atoms in total. The van der Waals surface area contributed by atoms with E-state index in [1.165, 1.54) is 14.0 Å². The highest BCUT2D eigenvalue weighted by molar-refractivity contribution is 5.89. The zero-order valence-corrected chi connectivity index (χ0v) is 15.3. The number of nitrogens with zero attached hydrogens (tertiary/aromatic N) is 6. The Morgan fingerprint density at radius 3 is 1.83 bits per heavy atom. The summed E-state index contributed by atoms with van der Waals surface area (Å²) >= 11 is 0. The molecule has 3 rings (SSSR count). The highest BCUT2D eigenvalue weighted by Gasteiger charge is 2.42. The van der Waals surface area contributed by atoms with Gasteiger partial charge in [0.2, 0.25) is 11.6 Å². The molecule has 0 saturated heterocycles. The molecule has 162 valence electrons. The van der Waals surface area contributed by atoms with E-state index in [9.17, 15) is 31.4 Å². The topological polar surface area (TPSA) is 96.6 Å². The molecule has 3 heterocycles. The number of ether oxygens (including phenoxy) is 1. The lowest BCUT2D eigenvalue weighted by Crippen LogP contribution is -2.37. The number of hydrogen-bond acceptors (Lipinski definition) is 8. The second-order valence-corrected chi connectivity index (χ2v) is 6.28. The van der Waals surface area contributed by atoms with Crippen molar-refractivity contribution >= 4 is 11.4 Å². The number of alkyl halides is 6. The van der Waals surface area contributed by atoms with Crippen molar-refractivity contribution in [3.05, 3.63) is 42.0 Å². The van der Waals surface area contributed by atoms with Crippen molar-refractivity contribution in [3.8, 4) is 0 Å². The highest BCUT2D eigenvalue weighted by atomic mass is 19.4. The van der Waals surface area contributed by atoms with Gasteiger partial charge >= 0.3 is 12.4 Å². The van der Waals surface area contributed by atoms with Crippen molar-refractivity contribution in [1.82, 2.24) is 19.9 Å². The van der Waals surface area contributed by atoms with Crippen molar-refractivity contribution in [2.75, 3.05) is 12.1 Å². The van der Waals surface area contributed by atoms with Crippen LogP contribution in [0.1, 0.15) is 30.2 Å². The van der Waals surface area contributed by atoms with Gasteiger partial charge < -0.3 is 9.84 Å². The summed E-state index contributed by atoms with van der Waals surface area (Å²) in [7, 11) is 1.27. The maximum absolute atomic E-state index is 12.7. The van der Waals surface area contributed by atoms with E-state index in [1.54, 1.807) is 0 Å². The Kier molecular flexibility index (Phi) is 5.64. The first-order valence-corrected chi connectivity index (χ1v) is 8.27. The lowest BCUT2D eigenvalue weighted by Gasteiger charge is -2.28. The Hall–Kier alpha value is -2.87. The lowest BCUT2D eigenvalue weighted by molar-refractivity contribution is -0.145. The maximum atomic E-state index is 12.7. The maximum Gasteiger partial charge on any atom is 0.451 e. The molecule has 1 aliphatic heterocycles. The average molecular weight is 436 g/mol. The molecule has 0 aliphatic carbocycles.